The second-order valence-corrected chi connectivity index (χ2v) is 6.63. The van der Waals surface area contributed by atoms with E-state index in [-0.39, 0.29) is 5.91 Å². The second kappa shape index (κ2) is 7.63. The van der Waals surface area contributed by atoms with Crippen LogP contribution in [0.1, 0.15) is 12.5 Å². The van der Waals surface area contributed by atoms with Gasteiger partial charge in [-0.1, -0.05) is 48.0 Å². The number of carbonyl (C=O) groups is 1. The molecule has 0 radical (unpaired) electrons. The molecule has 0 aliphatic rings. The van der Waals surface area contributed by atoms with Crippen molar-refractivity contribution in [1.82, 2.24) is 9.36 Å². The Bertz CT molecular complexity index is 883. The first-order valence-electron chi connectivity index (χ1n) is 7.66. The Hall–Kier alpha value is -2.44. The fourth-order valence-electron chi connectivity index (χ4n) is 2.13. The lowest BCUT2D eigenvalue weighted by Gasteiger charge is -2.15. The lowest BCUT2D eigenvalue weighted by atomic mass is 10.2. The van der Waals surface area contributed by atoms with E-state index in [0.29, 0.717) is 21.7 Å². The van der Waals surface area contributed by atoms with E-state index >= 15 is 0 Å². The van der Waals surface area contributed by atoms with Gasteiger partial charge in [-0.25, -0.2) is 0 Å². The number of carbonyl (C=O) groups excluding carboxylic acids is 1. The molecular weight excluding hydrogens is 358 g/mol. The third-order valence-corrected chi connectivity index (χ3v) is 4.39. The molecule has 1 amide bonds. The van der Waals surface area contributed by atoms with Gasteiger partial charge in [-0.3, -0.25) is 10.1 Å². The quantitative estimate of drug-likeness (QED) is 0.711. The standard InChI is InChI=1S/C18H16ClN3O2S/c1-11-8-9-14(19)15(10-11)24-12(2)17(23)21-18-20-16(22-25-18)13-6-4-3-5-7-13/h3-10,12H,1-2H3,(H,20,21,22,23). The Morgan fingerprint density at radius 1 is 1.24 bits per heavy atom. The molecule has 1 heterocycles. The molecule has 7 heteroatoms. The van der Waals surface area contributed by atoms with E-state index in [2.05, 4.69) is 14.7 Å². The van der Waals surface area contributed by atoms with E-state index < -0.39 is 6.10 Å². The van der Waals surface area contributed by atoms with E-state index in [1.807, 2.05) is 43.3 Å². The first-order chi connectivity index (χ1) is 12.0. The van der Waals surface area contributed by atoms with Gasteiger partial charge in [0.05, 0.1) is 5.02 Å². The molecule has 0 fully saturated rings. The maximum Gasteiger partial charge on any atom is 0.266 e. The number of hydrogen-bond acceptors (Lipinski definition) is 5. The van der Waals surface area contributed by atoms with Gasteiger partial charge in [0, 0.05) is 17.1 Å². The maximum atomic E-state index is 12.3. The normalized spacial score (nSPS) is 11.8. The van der Waals surface area contributed by atoms with Gasteiger partial charge in [-0.15, -0.1) is 0 Å². The van der Waals surface area contributed by atoms with Gasteiger partial charge in [0.1, 0.15) is 5.75 Å². The van der Waals surface area contributed by atoms with Crippen molar-refractivity contribution in [3.05, 3.63) is 59.1 Å². The fourth-order valence-corrected chi connectivity index (χ4v) is 2.89. The first-order valence-corrected chi connectivity index (χ1v) is 8.81. The zero-order valence-electron chi connectivity index (χ0n) is 13.7. The Kier molecular flexibility index (Phi) is 5.31. The minimum absolute atomic E-state index is 0.312. The molecule has 0 bridgehead atoms. The molecule has 5 nitrogen and oxygen atoms in total. The number of rotatable bonds is 5. The summed E-state index contributed by atoms with van der Waals surface area (Å²) >= 11 is 7.23. The third-order valence-electron chi connectivity index (χ3n) is 3.45. The number of ether oxygens (including phenoxy) is 1. The number of nitrogens with zero attached hydrogens (tertiary/aromatic N) is 2. The summed E-state index contributed by atoms with van der Waals surface area (Å²) in [7, 11) is 0. The summed E-state index contributed by atoms with van der Waals surface area (Å²) in [6.07, 6.45) is -0.719. The van der Waals surface area contributed by atoms with Gasteiger partial charge in [0.2, 0.25) is 5.13 Å². The minimum Gasteiger partial charge on any atom is -0.479 e. The van der Waals surface area contributed by atoms with Crippen LogP contribution < -0.4 is 10.1 Å². The summed E-state index contributed by atoms with van der Waals surface area (Å²) in [5.41, 5.74) is 1.90. The molecule has 0 aliphatic heterocycles. The molecule has 3 rings (SSSR count). The molecule has 0 saturated carbocycles. The molecule has 3 aromatic rings. The van der Waals surface area contributed by atoms with Gasteiger partial charge in [-0.05, 0) is 31.5 Å². The van der Waals surface area contributed by atoms with Crippen LogP contribution in [0.3, 0.4) is 0 Å². The predicted molar refractivity (Wildman–Crippen MR) is 100 cm³/mol. The Morgan fingerprint density at radius 3 is 2.76 bits per heavy atom. The number of halogens is 1. The Balaban J connectivity index is 1.66. The van der Waals surface area contributed by atoms with E-state index in [4.69, 9.17) is 16.3 Å². The maximum absolute atomic E-state index is 12.3. The smallest absolute Gasteiger partial charge is 0.266 e. The number of anilines is 1. The third kappa shape index (κ3) is 4.35. The largest absolute Gasteiger partial charge is 0.479 e. The first kappa shape index (κ1) is 17.4. The highest BCUT2D eigenvalue weighted by Crippen LogP contribution is 2.27. The number of aryl methyl sites for hydroxylation is 1. The molecule has 0 aliphatic carbocycles. The molecule has 2 aromatic carbocycles. The van der Waals surface area contributed by atoms with Crippen LogP contribution in [0.4, 0.5) is 5.13 Å². The molecule has 1 aromatic heterocycles. The van der Waals surface area contributed by atoms with E-state index in [0.717, 1.165) is 22.7 Å². The highest BCUT2D eigenvalue weighted by molar-refractivity contribution is 7.10. The van der Waals surface area contributed by atoms with Crippen molar-refractivity contribution in [2.45, 2.75) is 20.0 Å². The number of amides is 1. The van der Waals surface area contributed by atoms with Crippen LogP contribution in [0.5, 0.6) is 5.75 Å². The van der Waals surface area contributed by atoms with E-state index in [9.17, 15) is 4.79 Å². The van der Waals surface area contributed by atoms with Gasteiger partial charge >= 0.3 is 0 Å². The van der Waals surface area contributed by atoms with Crippen LogP contribution in [-0.2, 0) is 4.79 Å². The van der Waals surface area contributed by atoms with Crippen LogP contribution >= 0.6 is 23.1 Å². The number of hydrogen-bond donors (Lipinski definition) is 1. The lowest BCUT2D eigenvalue weighted by Crippen LogP contribution is -2.30. The minimum atomic E-state index is -0.719. The fraction of sp³-hybridized carbons (Fsp3) is 0.167. The summed E-state index contributed by atoms with van der Waals surface area (Å²) in [5.74, 6) is 0.746. The van der Waals surface area contributed by atoms with Crippen LogP contribution in [-0.4, -0.2) is 21.4 Å². The highest BCUT2D eigenvalue weighted by atomic mass is 35.5. The molecule has 25 heavy (non-hydrogen) atoms. The second-order valence-electron chi connectivity index (χ2n) is 5.47. The average molecular weight is 374 g/mol. The van der Waals surface area contributed by atoms with Crippen molar-refractivity contribution in [3.8, 4) is 17.1 Å². The molecule has 128 valence electrons. The van der Waals surface area contributed by atoms with Gasteiger partial charge in [0.15, 0.2) is 11.9 Å². The van der Waals surface area contributed by atoms with Crippen LogP contribution in [0, 0.1) is 6.92 Å². The molecule has 1 N–H and O–H groups in total. The summed E-state index contributed by atoms with van der Waals surface area (Å²) in [6.45, 7) is 3.59. The van der Waals surface area contributed by atoms with Gasteiger partial charge in [-0.2, -0.15) is 9.36 Å². The zero-order valence-corrected chi connectivity index (χ0v) is 15.3. The number of aromatic nitrogens is 2. The van der Waals surface area contributed by atoms with Crippen LogP contribution in [0.15, 0.2) is 48.5 Å². The summed E-state index contributed by atoms with van der Waals surface area (Å²) < 4.78 is 9.93. The molecule has 0 saturated heterocycles. The summed E-state index contributed by atoms with van der Waals surface area (Å²) in [6, 6.07) is 15.0. The van der Waals surface area contributed by atoms with E-state index in [1.165, 1.54) is 0 Å². The van der Waals surface area contributed by atoms with Gasteiger partial charge < -0.3 is 4.74 Å². The summed E-state index contributed by atoms with van der Waals surface area (Å²) in [4.78, 5) is 16.7. The zero-order chi connectivity index (χ0) is 17.8. The molecular formula is C18H16ClN3O2S. The van der Waals surface area contributed by atoms with Crippen molar-refractivity contribution in [3.63, 3.8) is 0 Å². The van der Waals surface area contributed by atoms with Crippen molar-refractivity contribution in [2.24, 2.45) is 0 Å². The molecule has 0 spiro atoms. The molecule has 1 unspecified atom stereocenters. The van der Waals surface area contributed by atoms with Crippen molar-refractivity contribution in [1.29, 1.82) is 0 Å². The molecule has 1 atom stereocenters. The lowest BCUT2D eigenvalue weighted by molar-refractivity contribution is -0.122. The Labute approximate surface area is 154 Å². The van der Waals surface area contributed by atoms with Gasteiger partial charge in [0.25, 0.3) is 5.91 Å². The van der Waals surface area contributed by atoms with Crippen molar-refractivity contribution < 1.29 is 9.53 Å². The monoisotopic (exact) mass is 373 g/mol. The van der Waals surface area contributed by atoms with Crippen LogP contribution in [0.2, 0.25) is 5.02 Å². The van der Waals surface area contributed by atoms with Crippen molar-refractivity contribution in [2.75, 3.05) is 5.32 Å². The number of nitrogens with one attached hydrogen (secondary N) is 1. The Morgan fingerprint density at radius 2 is 2.00 bits per heavy atom. The van der Waals surface area contributed by atoms with Crippen LogP contribution in [0.25, 0.3) is 11.4 Å². The topological polar surface area (TPSA) is 64.1 Å². The average Bonchev–Trinajstić information content (AvgIpc) is 3.07. The van der Waals surface area contributed by atoms with E-state index in [1.54, 1.807) is 19.1 Å². The summed E-state index contributed by atoms with van der Waals surface area (Å²) in [5, 5.41) is 3.61. The van der Waals surface area contributed by atoms with Crippen molar-refractivity contribution >= 4 is 34.2 Å². The number of benzene rings is 2. The highest BCUT2D eigenvalue weighted by Gasteiger charge is 2.18. The predicted octanol–water partition coefficient (Wildman–Crippen LogP) is 4.57. The SMILES string of the molecule is Cc1ccc(Cl)c(OC(C)C(=O)Nc2nc(-c3ccccc3)ns2)c1.